The van der Waals surface area contributed by atoms with Crippen molar-refractivity contribution in [2.75, 3.05) is 0 Å². The van der Waals surface area contributed by atoms with Gasteiger partial charge in [0.25, 0.3) is 0 Å². The van der Waals surface area contributed by atoms with Crippen molar-refractivity contribution in [3.63, 3.8) is 0 Å². The molecule has 0 spiro atoms. The molecule has 4 heteroatoms. The third kappa shape index (κ3) is 3.64. The summed E-state index contributed by atoms with van der Waals surface area (Å²) in [5.74, 6) is -0.191. The van der Waals surface area contributed by atoms with Crippen molar-refractivity contribution in [3.8, 4) is 0 Å². The van der Waals surface area contributed by atoms with E-state index in [4.69, 9.17) is 5.73 Å². The largest absolute Gasteiger partial charge is 0.325 e. The first kappa shape index (κ1) is 13.7. The van der Waals surface area contributed by atoms with Gasteiger partial charge in [0.05, 0.1) is 6.20 Å². The van der Waals surface area contributed by atoms with Gasteiger partial charge in [-0.25, -0.2) is 4.39 Å². The van der Waals surface area contributed by atoms with Crippen LogP contribution in [-0.2, 0) is 19.4 Å². The first-order valence-corrected chi connectivity index (χ1v) is 6.54. The van der Waals surface area contributed by atoms with Gasteiger partial charge in [-0.1, -0.05) is 18.2 Å². The molecule has 1 atom stereocenters. The maximum atomic E-state index is 13.6. The maximum Gasteiger partial charge on any atom is 0.126 e. The van der Waals surface area contributed by atoms with Gasteiger partial charge in [-0.3, -0.25) is 4.68 Å². The zero-order chi connectivity index (χ0) is 13.9. The van der Waals surface area contributed by atoms with Crippen molar-refractivity contribution < 1.29 is 4.39 Å². The van der Waals surface area contributed by atoms with Crippen LogP contribution in [0, 0.1) is 5.82 Å². The lowest BCUT2D eigenvalue weighted by atomic mass is 9.88. The molecule has 0 aliphatic rings. The summed E-state index contributed by atoms with van der Waals surface area (Å²) in [6.45, 7) is 4.83. The number of hydrogen-bond donors (Lipinski definition) is 1. The molecule has 1 aromatic carbocycles. The van der Waals surface area contributed by atoms with Crippen LogP contribution in [0.25, 0.3) is 0 Å². The second-order valence-corrected chi connectivity index (χ2v) is 5.30. The average molecular weight is 261 g/mol. The van der Waals surface area contributed by atoms with Crippen molar-refractivity contribution in [2.45, 2.75) is 38.8 Å². The topological polar surface area (TPSA) is 43.8 Å². The normalized spacial score (nSPS) is 14.3. The Balaban J connectivity index is 2.08. The van der Waals surface area contributed by atoms with Crippen LogP contribution < -0.4 is 5.73 Å². The Morgan fingerprint density at radius 2 is 2.05 bits per heavy atom. The molecule has 102 valence electrons. The Morgan fingerprint density at radius 3 is 2.68 bits per heavy atom. The van der Waals surface area contributed by atoms with E-state index in [0.29, 0.717) is 18.4 Å². The van der Waals surface area contributed by atoms with E-state index < -0.39 is 5.54 Å². The molecule has 0 aliphatic carbocycles. The summed E-state index contributed by atoms with van der Waals surface area (Å²) in [5, 5.41) is 4.23. The summed E-state index contributed by atoms with van der Waals surface area (Å²) in [6.07, 6.45) is 5.01. The van der Waals surface area contributed by atoms with Gasteiger partial charge in [-0.2, -0.15) is 5.10 Å². The molecule has 3 nitrogen and oxygen atoms in total. The van der Waals surface area contributed by atoms with Crippen molar-refractivity contribution in [3.05, 3.63) is 53.6 Å². The molecule has 2 rings (SSSR count). The number of nitrogens with two attached hydrogens (primary N) is 1. The molecule has 0 saturated carbocycles. The van der Waals surface area contributed by atoms with Crippen molar-refractivity contribution in [2.24, 2.45) is 5.73 Å². The van der Waals surface area contributed by atoms with Crippen molar-refractivity contribution >= 4 is 0 Å². The highest BCUT2D eigenvalue weighted by atomic mass is 19.1. The first-order valence-electron chi connectivity index (χ1n) is 6.54. The Kier molecular flexibility index (Phi) is 4.00. The van der Waals surface area contributed by atoms with Crippen LogP contribution in [0.4, 0.5) is 4.39 Å². The fourth-order valence-corrected chi connectivity index (χ4v) is 2.28. The minimum absolute atomic E-state index is 0.191. The molecule has 2 aromatic rings. The van der Waals surface area contributed by atoms with Gasteiger partial charge >= 0.3 is 0 Å². The third-order valence-electron chi connectivity index (χ3n) is 3.17. The molecule has 1 unspecified atom stereocenters. The third-order valence-corrected chi connectivity index (χ3v) is 3.17. The van der Waals surface area contributed by atoms with Crippen LogP contribution in [0.1, 0.15) is 25.0 Å². The summed E-state index contributed by atoms with van der Waals surface area (Å²) in [4.78, 5) is 0. The smallest absolute Gasteiger partial charge is 0.126 e. The van der Waals surface area contributed by atoms with E-state index >= 15 is 0 Å². The van der Waals surface area contributed by atoms with Crippen LogP contribution >= 0.6 is 0 Å². The second kappa shape index (κ2) is 5.53. The number of rotatable bonds is 5. The van der Waals surface area contributed by atoms with Gasteiger partial charge in [-0.05, 0) is 43.9 Å². The molecule has 0 fully saturated rings. The van der Waals surface area contributed by atoms with Crippen molar-refractivity contribution in [1.82, 2.24) is 9.78 Å². The van der Waals surface area contributed by atoms with E-state index in [1.54, 1.807) is 12.1 Å². The highest BCUT2D eigenvalue weighted by molar-refractivity contribution is 5.21. The second-order valence-electron chi connectivity index (χ2n) is 5.30. The molecule has 0 saturated heterocycles. The van der Waals surface area contributed by atoms with E-state index in [2.05, 4.69) is 5.10 Å². The molecule has 0 amide bonds. The van der Waals surface area contributed by atoms with Crippen LogP contribution in [0.15, 0.2) is 36.7 Å². The highest BCUT2D eigenvalue weighted by Crippen LogP contribution is 2.18. The highest BCUT2D eigenvalue weighted by Gasteiger charge is 2.22. The molecule has 1 aromatic heterocycles. The van der Waals surface area contributed by atoms with Gasteiger partial charge in [0, 0.05) is 18.3 Å². The summed E-state index contributed by atoms with van der Waals surface area (Å²) in [7, 11) is 0. The van der Waals surface area contributed by atoms with Gasteiger partial charge < -0.3 is 5.73 Å². The summed E-state index contributed by atoms with van der Waals surface area (Å²) < 4.78 is 15.5. The zero-order valence-corrected chi connectivity index (χ0v) is 11.4. The van der Waals surface area contributed by atoms with Gasteiger partial charge in [0.1, 0.15) is 5.82 Å². The average Bonchev–Trinajstić information content (AvgIpc) is 2.78. The monoisotopic (exact) mass is 261 g/mol. The van der Waals surface area contributed by atoms with Gasteiger partial charge in [-0.15, -0.1) is 0 Å². The quantitative estimate of drug-likeness (QED) is 0.899. The number of nitrogens with zero attached hydrogens (tertiary/aromatic N) is 2. The number of halogens is 1. The van der Waals surface area contributed by atoms with Gasteiger partial charge in [0.15, 0.2) is 0 Å². The molecule has 2 N–H and O–H groups in total. The van der Waals surface area contributed by atoms with Crippen LogP contribution in [0.3, 0.4) is 0 Å². The fourth-order valence-electron chi connectivity index (χ4n) is 2.28. The lowest BCUT2D eigenvalue weighted by Crippen LogP contribution is -2.41. The SMILES string of the molecule is CCn1cc(CC(C)(N)Cc2ccccc2F)cn1. The Hall–Kier alpha value is -1.68. The van der Waals surface area contributed by atoms with E-state index in [9.17, 15) is 4.39 Å². The van der Waals surface area contributed by atoms with E-state index in [1.807, 2.05) is 37.0 Å². The first-order chi connectivity index (χ1) is 9.00. The van der Waals surface area contributed by atoms with Gasteiger partial charge in [0.2, 0.25) is 0 Å². The lowest BCUT2D eigenvalue weighted by Gasteiger charge is -2.24. The van der Waals surface area contributed by atoms with E-state index in [0.717, 1.165) is 12.1 Å². The Bertz CT molecular complexity index is 546. The molecular weight excluding hydrogens is 241 g/mol. The number of aromatic nitrogens is 2. The summed E-state index contributed by atoms with van der Waals surface area (Å²) in [6, 6.07) is 6.79. The van der Waals surface area contributed by atoms with Crippen molar-refractivity contribution in [1.29, 1.82) is 0 Å². The van der Waals surface area contributed by atoms with Crippen LogP contribution in [0.2, 0.25) is 0 Å². The minimum atomic E-state index is -0.482. The fraction of sp³-hybridized carbons (Fsp3) is 0.400. The zero-order valence-electron chi connectivity index (χ0n) is 11.4. The van der Waals surface area contributed by atoms with Crippen LogP contribution in [-0.4, -0.2) is 15.3 Å². The van der Waals surface area contributed by atoms with E-state index in [1.165, 1.54) is 6.07 Å². The predicted molar refractivity (Wildman–Crippen MR) is 74.3 cm³/mol. The number of hydrogen-bond acceptors (Lipinski definition) is 2. The number of aryl methyl sites for hydroxylation is 1. The molecule has 19 heavy (non-hydrogen) atoms. The molecule has 0 radical (unpaired) electrons. The lowest BCUT2D eigenvalue weighted by molar-refractivity contribution is 0.451. The molecular formula is C15H20FN3. The molecule has 0 aliphatic heterocycles. The Labute approximate surface area is 113 Å². The molecule has 0 bridgehead atoms. The summed E-state index contributed by atoms with van der Waals surface area (Å²) >= 11 is 0. The number of benzene rings is 1. The maximum absolute atomic E-state index is 13.6. The van der Waals surface area contributed by atoms with E-state index in [-0.39, 0.29) is 5.82 Å². The molecule has 1 heterocycles. The minimum Gasteiger partial charge on any atom is -0.325 e. The predicted octanol–water partition coefficient (Wildman–Crippen LogP) is 2.54. The standard InChI is InChI=1S/C15H20FN3/c1-3-19-11-12(10-18-19)8-15(2,17)9-13-6-4-5-7-14(13)16/h4-7,10-11H,3,8-9,17H2,1-2H3. The Morgan fingerprint density at radius 1 is 1.32 bits per heavy atom. The van der Waals surface area contributed by atoms with Crippen LogP contribution in [0.5, 0.6) is 0 Å². The summed E-state index contributed by atoms with van der Waals surface area (Å²) in [5.41, 5.74) is 7.56.